The van der Waals surface area contributed by atoms with Crippen LogP contribution in [0.2, 0.25) is 0 Å². The third kappa shape index (κ3) is 2.47. The van der Waals surface area contributed by atoms with Crippen molar-refractivity contribution in [2.24, 2.45) is 0 Å². The van der Waals surface area contributed by atoms with E-state index in [4.69, 9.17) is 4.98 Å². The molecule has 0 spiro atoms. The van der Waals surface area contributed by atoms with Gasteiger partial charge in [-0.25, -0.2) is 4.98 Å². The Morgan fingerprint density at radius 1 is 0.727 bits per heavy atom. The molecule has 0 atom stereocenters. The lowest BCUT2D eigenvalue weighted by atomic mass is 9.84. The van der Waals surface area contributed by atoms with Crippen LogP contribution < -0.4 is 0 Å². The van der Waals surface area contributed by atoms with Gasteiger partial charge in [0.2, 0.25) is 0 Å². The Morgan fingerprint density at radius 2 is 1.41 bits per heavy atom. The van der Waals surface area contributed by atoms with E-state index in [1.54, 1.807) is 0 Å². The molecule has 114 valence electrons. The first kappa shape index (κ1) is 15.0. The fourth-order valence-electron chi connectivity index (χ4n) is 2.87. The van der Waals surface area contributed by atoms with Gasteiger partial charge in [0.25, 0.3) is 0 Å². The topological polar surface area (TPSA) is 25.8 Å². The Morgan fingerprint density at radius 3 is 2.05 bits per heavy atom. The van der Waals surface area contributed by atoms with Gasteiger partial charge < -0.3 is 0 Å². The van der Waals surface area contributed by atoms with E-state index < -0.39 is 0 Å². The summed E-state index contributed by atoms with van der Waals surface area (Å²) in [5, 5.41) is 2.36. The lowest BCUT2D eigenvalue weighted by molar-refractivity contribution is 0.571. The minimum absolute atomic E-state index is 0.0397. The molecule has 0 radical (unpaired) electrons. The monoisotopic (exact) mass is 292 g/mol. The molecule has 0 amide bonds. The molecule has 3 aromatic rings. The highest BCUT2D eigenvalue weighted by atomic mass is 14.8. The summed E-state index contributed by atoms with van der Waals surface area (Å²) >= 11 is 0. The number of benzene rings is 1. The van der Waals surface area contributed by atoms with Gasteiger partial charge >= 0.3 is 0 Å². The van der Waals surface area contributed by atoms with Gasteiger partial charge in [-0.05, 0) is 23.1 Å². The Labute approximate surface area is 132 Å². The standard InChI is InChI=1S/C20H24N2/c1-19(2,3)15-11-12-21-18-14(15)9-7-13-8-10-16(20(4,5)6)22-17(13)18/h7-12H,1-6H3. The molecule has 2 nitrogen and oxygen atoms in total. The van der Waals surface area contributed by atoms with Gasteiger partial charge in [0.1, 0.15) is 0 Å². The first-order chi connectivity index (χ1) is 10.2. The second-order valence-electron chi connectivity index (χ2n) is 8.09. The van der Waals surface area contributed by atoms with Crippen LogP contribution in [0.4, 0.5) is 0 Å². The molecule has 0 saturated heterocycles. The van der Waals surface area contributed by atoms with E-state index in [9.17, 15) is 0 Å². The highest BCUT2D eigenvalue weighted by Crippen LogP contribution is 2.32. The zero-order valence-corrected chi connectivity index (χ0v) is 14.4. The summed E-state index contributed by atoms with van der Waals surface area (Å²) < 4.78 is 0. The molecule has 0 N–H and O–H groups in total. The van der Waals surface area contributed by atoms with Crippen molar-refractivity contribution >= 4 is 21.8 Å². The molecule has 0 saturated carbocycles. The van der Waals surface area contributed by atoms with Gasteiger partial charge in [0.15, 0.2) is 0 Å². The van der Waals surface area contributed by atoms with Crippen LogP contribution in [-0.4, -0.2) is 9.97 Å². The van der Waals surface area contributed by atoms with Gasteiger partial charge in [-0.1, -0.05) is 59.7 Å². The number of hydrogen-bond donors (Lipinski definition) is 0. The second-order valence-corrected chi connectivity index (χ2v) is 8.09. The van der Waals surface area contributed by atoms with Crippen molar-refractivity contribution in [3.8, 4) is 0 Å². The largest absolute Gasteiger partial charge is 0.254 e. The van der Waals surface area contributed by atoms with Crippen LogP contribution in [-0.2, 0) is 10.8 Å². The van der Waals surface area contributed by atoms with Crippen molar-refractivity contribution in [2.45, 2.75) is 52.4 Å². The van der Waals surface area contributed by atoms with E-state index in [1.165, 1.54) is 10.9 Å². The zero-order valence-electron chi connectivity index (χ0n) is 14.4. The van der Waals surface area contributed by atoms with E-state index >= 15 is 0 Å². The number of rotatable bonds is 0. The average Bonchev–Trinajstić information content (AvgIpc) is 2.44. The predicted octanol–water partition coefficient (Wildman–Crippen LogP) is 5.38. The van der Waals surface area contributed by atoms with Crippen LogP contribution in [0.3, 0.4) is 0 Å². The highest BCUT2D eigenvalue weighted by Gasteiger charge is 2.20. The summed E-state index contributed by atoms with van der Waals surface area (Å²) in [4.78, 5) is 9.58. The Bertz CT molecular complexity index is 849. The van der Waals surface area contributed by atoms with Gasteiger partial charge in [0, 0.05) is 28.1 Å². The first-order valence-corrected chi connectivity index (χ1v) is 7.87. The van der Waals surface area contributed by atoms with Crippen molar-refractivity contribution in [1.29, 1.82) is 0 Å². The number of pyridine rings is 2. The average molecular weight is 292 g/mol. The molecule has 2 heteroatoms. The summed E-state index contributed by atoms with van der Waals surface area (Å²) in [6.45, 7) is 13.3. The molecule has 3 rings (SSSR count). The Kier molecular flexibility index (Phi) is 3.24. The maximum Gasteiger partial charge on any atom is 0.0968 e. The zero-order chi connectivity index (χ0) is 16.1. The fraction of sp³-hybridized carbons (Fsp3) is 0.400. The van der Waals surface area contributed by atoms with E-state index in [1.807, 2.05) is 6.20 Å². The van der Waals surface area contributed by atoms with Crippen molar-refractivity contribution in [2.75, 3.05) is 0 Å². The quantitative estimate of drug-likeness (QED) is 0.520. The normalized spacial score (nSPS) is 13.0. The third-order valence-electron chi connectivity index (χ3n) is 4.15. The van der Waals surface area contributed by atoms with E-state index in [0.29, 0.717) is 0 Å². The summed E-state index contributed by atoms with van der Waals surface area (Å²) in [7, 11) is 0. The van der Waals surface area contributed by atoms with Crippen molar-refractivity contribution in [1.82, 2.24) is 9.97 Å². The third-order valence-corrected chi connectivity index (χ3v) is 4.15. The first-order valence-electron chi connectivity index (χ1n) is 7.87. The summed E-state index contributed by atoms with van der Waals surface area (Å²) in [5.74, 6) is 0. The van der Waals surface area contributed by atoms with Gasteiger partial charge in [0.05, 0.1) is 11.0 Å². The molecule has 22 heavy (non-hydrogen) atoms. The lowest BCUT2D eigenvalue weighted by Gasteiger charge is -2.22. The number of hydrogen-bond acceptors (Lipinski definition) is 2. The molecule has 2 aromatic heterocycles. The molecule has 1 aromatic carbocycles. The van der Waals surface area contributed by atoms with Gasteiger partial charge in [-0.2, -0.15) is 0 Å². The van der Waals surface area contributed by atoms with E-state index in [2.05, 4.69) is 76.9 Å². The molecule has 0 bridgehead atoms. The molecule has 0 unspecified atom stereocenters. The molecule has 0 aliphatic heterocycles. The molecule has 2 heterocycles. The molecule has 0 aliphatic carbocycles. The van der Waals surface area contributed by atoms with Gasteiger partial charge in [-0.3, -0.25) is 4.98 Å². The minimum Gasteiger partial charge on any atom is -0.254 e. The van der Waals surface area contributed by atoms with Crippen LogP contribution in [0.1, 0.15) is 52.8 Å². The second kappa shape index (κ2) is 4.77. The summed E-state index contributed by atoms with van der Waals surface area (Å²) in [5.41, 5.74) is 4.58. The van der Waals surface area contributed by atoms with Crippen molar-refractivity contribution in [3.05, 3.63) is 47.8 Å². The number of nitrogens with zero attached hydrogens (tertiary/aromatic N) is 2. The SMILES string of the molecule is CC(C)(C)c1ccc2ccc3c(C(C)(C)C)ccnc3c2n1. The maximum atomic E-state index is 4.94. The molecule has 0 fully saturated rings. The minimum atomic E-state index is 0.0397. The Hall–Kier alpha value is -1.96. The summed E-state index contributed by atoms with van der Waals surface area (Å²) in [6.07, 6.45) is 1.91. The van der Waals surface area contributed by atoms with Crippen molar-refractivity contribution < 1.29 is 0 Å². The van der Waals surface area contributed by atoms with Crippen LogP contribution in [0.5, 0.6) is 0 Å². The van der Waals surface area contributed by atoms with Crippen molar-refractivity contribution in [3.63, 3.8) is 0 Å². The van der Waals surface area contributed by atoms with Crippen LogP contribution >= 0.6 is 0 Å². The smallest absolute Gasteiger partial charge is 0.0968 e. The van der Waals surface area contributed by atoms with Crippen LogP contribution in [0, 0.1) is 0 Å². The van der Waals surface area contributed by atoms with Crippen LogP contribution in [0.15, 0.2) is 36.5 Å². The van der Waals surface area contributed by atoms with E-state index in [-0.39, 0.29) is 10.8 Å². The van der Waals surface area contributed by atoms with Crippen LogP contribution in [0.25, 0.3) is 21.8 Å². The van der Waals surface area contributed by atoms with E-state index in [0.717, 1.165) is 22.1 Å². The summed E-state index contributed by atoms with van der Waals surface area (Å²) in [6, 6.07) is 10.8. The Balaban J connectivity index is 2.40. The highest BCUT2D eigenvalue weighted by molar-refractivity contribution is 6.04. The molecule has 0 aliphatic rings. The lowest BCUT2D eigenvalue weighted by Crippen LogP contribution is -2.14. The molecular weight excluding hydrogens is 268 g/mol. The molecular formula is C20H24N2. The fourth-order valence-corrected chi connectivity index (χ4v) is 2.87. The maximum absolute atomic E-state index is 4.94. The predicted molar refractivity (Wildman–Crippen MR) is 94.4 cm³/mol. The van der Waals surface area contributed by atoms with Gasteiger partial charge in [-0.15, -0.1) is 0 Å². The number of aromatic nitrogens is 2. The number of fused-ring (bicyclic) bond motifs is 3.